The summed E-state index contributed by atoms with van der Waals surface area (Å²) in [6, 6.07) is 1.75. The first-order valence-electron chi connectivity index (χ1n) is 3.83. The maximum atomic E-state index is 9.54. The molecule has 1 aliphatic rings. The molecule has 0 amide bonds. The minimum atomic E-state index is -0.434. The molecule has 0 aromatic carbocycles. The molecular formula is C8H10N2O. The summed E-state index contributed by atoms with van der Waals surface area (Å²) in [5.41, 5.74) is 0. The molecule has 0 unspecified atom stereocenters. The standard InChI is InChI=1S/C8H10N2O/c11-7(6-2-3-6)8-9-4-1-5-10-8/h1,4-7,11H,2-3H2/t7-/m1/s1. The van der Waals surface area contributed by atoms with E-state index in [0.717, 1.165) is 12.8 Å². The van der Waals surface area contributed by atoms with Gasteiger partial charge in [0.15, 0.2) is 5.82 Å². The van der Waals surface area contributed by atoms with Crippen LogP contribution in [0.4, 0.5) is 0 Å². The lowest BCUT2D eigenvalue weighted by Gasteiger charge is -2.04. The van der Waals surface area contributed by atoms with Crippen molar-refractivity contribution in [2.75, 3.05) is 0 Å². The fourth-order valence-electron chi connectivity index (χ4n) is 1.09. The van der Waals surface area contributed by atoms with E-state index in [1.165, 1.54) is 0 Å². The number of nitrogens with zero attached hydrogens (tertiary/aromatic N) is 2. The molecule has 58 valence electrons. The Bertz CT molecular complexity index is 233. The van der Waals surface area contributed by atoms with E-state index in [0.29, 0.717) is 11.7 Å². The van der Waals surface area contributed by atoms with Crippen molar-refractivity contribution in [1.29, 1.82) is 0 Å². The first-order valence-corrected chi connectivity index (χ1v) is 3.83. The van der Waals surface area contributed by atoms with Crippen LogP contribution in [0.1, 0.15) is 24.8 Å². The Morgan fingerprint density at radius 1 is 1.36 bits per heavy atom. The molecule has 1 fully saturated rings. The van der Waals surface area contributed by atoms with Gasteiger partial charge in [-0.1, -0.05) is 0 Å². The second-order valence-corrected chi connectivity index (χ2v) is 2.89. The van der Waals surface area contributed by atoms with Crippen LogP contribution < -0.4 is 0 Å². The molecule has 1 N–H and O–H groups in total. The van der Waals surface area contributed by atoms with Crippen molar-refractivity contribution in [1.82, 2.24) is 9.97 Å². The third kappa shape index (κ3) is 1.38. The van der Waals surface area contributed by atoms with E-state index in [2.05, 4.69) is 9.97 Å². The second kappa shape index (κ2) is 2.58. The summed E-state index contributed by atoms with van der Waals surface area (Å²) in [6.45, 7) is 0. The zero-order valence-corrected chi connectivity index (χ0v) is 6.14. The Hall–Kier alpha value is -0.960. The van der Waals surface area contributed by atoms with E-state index in [-0.39, 0.29) is 0 Å². The molecule has 1 atom stereocenters. The van der Waals surface area contributed by atoms with Gasteiger partial charge in [-0.15, -0.1) is 0 Å². The monoisotopic (exact) mass is 150 g/mol. The lowest BCUT2D eigenvalue weighted by molar-refractivity contribution is 0.144. The number of aromatic nitrogens is 2. The van der Waals surface area contributed by atoms with Gasteiger partial charge >= 0.3 is 0 Å². The van der Waals surface area contributed by atoms with Crippen LogP contribution in [0, 0.1) is 5.92 Å². The molecule has 1 aromatic rings. The number of hydrogen-bond donors (Lipinski definition) is 1. The molecule has 3 heteroatoms. The van der Waals surface area contributed by atoms with E-state index in [9.17, 15) is 5.11 Å². The molecule has 1 aliphatic carbocycles. The van der Waals surface area contributed by atoms with Crippen molar-refractivity contribution >= 4 is 0 Å². The number of aliphatic hydroxyl groups excluding tert-OH is 1. The quantitative estimate of drug-likeness (QED) is 0.681. The zero-order chi connectivity index (χ0) is 7.68. The molecule has 1 saturated carbocycles. The van der Waals surface area contributed by atoms with E-state index in [4.69, 9.17) is 0 Å². The minimum absolute atomic E-state index is 0.414. The summed E-state index contributed by atoms with van der Waals surface area (Å²) < 4.78 is 0. The summed E-state index contributed by atoms with van der Waals surface area (Å²) in [4.78, 5) is 7.96. The highest BCUT2D eigenvalue weighted by molar-refractivity contribution is 4.98. The molecule has 3 nitrogen and oxygen atoms in total. The molecule has 0 radical (unpaired) electrons. The van der Waals surface area contributed by atoms with Gasteiger partial charge in [0.25, 0.3) is 0 Å². The van der Waals surface area contributed by atoms with Crippen molar-refractivity contribution in [3.63, 3.8) is 0 Å². The highest BCUT2D eigenvalue weighted by Gasteiger charge is 2.32. The second-order valence-electron chi connectivity index (χ2n) is 2.89. The Labute approximate surface area is 65.1 Å². The lowest BCUT2D eigenvalue weighted by Crippen LogP contribution is -2.04. The van der Waals surface area contributed by atoms with Crippen molar-refractivity contribution in [2.45, 2.75) is 18.9 Å². The highest BCUT2D eigenvalue weighted by Crippen LogP contribution is 2.39. The highest BCUT2D eigenvalue weighted by atomic mass is 16.3. The topological polar surface area (TPSA) is 46.0 Å². The Kier molecular flexibility index (Phi) is 1.58. The van der Waals surface area contributed by atoms with E-state index >= 15 is 0 Å². The largest absolute Gasteiger partial charge is 0.385 e. The van der Waals surface area contributed by atoms with Crippen LogP contribution in [0.5, 0.6) is 0 Å². The summed E-state index contributed by atoms with van der Waals surface area (Å²) in [6.07, 6.45) is 5.11. The summed E-state index contributed by atoms with van der Waals surface area (Å²) in [7, 11) is 0. The molecule has 0 saturated heterocycles. The van der Waals surface area contributed by atoms with Gasteiger partial charge in [-0.25, -0.2) is 9.97 Å². The number of aliphatic hydroxyl groups is 1. The predicted molar refractivity (Wildman–Crippen MR) is 39.7 cm³/mol. The van der Waals surface area contributed by atoms with Crippen molar-refractivity contribution in [3.05, 3.63) is 24.3 Å². The van der Waals surface area contributed by atoms with Gasteiger partial charge in [0, 0.05) is 12.4 Å². The Morgan fingerprint density at radius 2 is 2.00 bits per heavy atom. The van der Waals surface area contributed by atoms with E-state index < -0.39 is 6.10 Å². The van der Waals surface area contributed by atoms with Crippen LogP contribution >= 0.6 is 0 Å². The van der Waals surface area contributed by atoms with Gasteiger partial charge < -0.3 is 5.11 Å². The molecule has 1 aromatic heterocycles. The van der Waals surface area contributed by atoms with Crippen molar-refractivity contribution in [2.24, 2.45) is 5.92 Å². The molecule has 0 spiro atoms. The van der Waals surface area contributed by atoms with Crippen LogP contribution in [0.2, 0.25) is 0 Å². The summed E-state index contributed by atoms with van der Waals surface area (Å²) >= 11 is 0. The minimum Gasteiger partial charge on any atom is -0.385 e. The fraction of sp³-hybridized carbons (Fsp3) is 0.500. The maximum Gasteiger partial charge on any atom is 0.157 e. The fourth-order valence-corrected chi connectivity index (χ4v) is 1.09. The van der Waals surface area contributed by atoms with Crippen LogP contribution in [0.3, 0.4) is 0 Å². The average Bonchev–Trinajstić information content (AvgIpc) is 2.87. The summed E-state index contributed by atoms with van der Waals surface area (Å²) in [5, 5.41) is 9.54. The Balaban J connectivity index is 2.15. The van der Waals surface area contributed by atoms with E-state index in [1.807, 2.05) is 0 Å². The Morgan fingerprint density at radius 3 is 2.55 bits per heavy atom. The SMILES string of the molecule is O[C@@H](c1ncccn1)C1CC1. The van der Waals surface area contributed by atoms with Crippen LogP contribution in [0.15, 0.2) is 18.5 Å². The third-order valence-electron chi connectivity index (χ3n) is 1.92. The molecule has 2 rings (SSSR count). The first kappa shape index (κ1) is 6.73. The summed E-state index contributed by atoms with van der Waals surface area (Å²) in [5.74, 6) is 0.979. The third-order valence-corrected chi connectivity index (χ3v) is 1.92. The molecule has 0 aliphatic heterocycles. The zero-order valence-electron chi connectivity index (χ0n) is 6.14. The van der Waals surface area contributed by atoms with Crippen molar-refractivity contribution < 1.29 is 5.11 Å². The average molecular weight is 150 g/mol. The number of rotatable bonds is 2. The normalized spacial score (nSPS) is 19.7. The first-order chi connectivity index (χ1) is 5.38. The maximum absolute atomic E-state index is 9.54. The molecular weight excluding hydrogens is 140 g/mol. The van der Waals surface area contributed by atoms with Crippen LogP contribution in [-0.4, -0.2) is 15.1 Å². The predicted octanol–water partition coefficient (Wildman–Crippen LogP) is 0.920. The van der Waals surface area contributed by atoms with Crippen molar-refractivity contribution in [3.8, 4) is 0 Å². The molecule has 11 heavy (non-hydrogen) atoms. The van der Waals surface area contributed by atoms with Gasteiger partial charge in [0.2, 0.25) is 0 Å². The molecule has 0 bridgehead atoms. The van der Waals surface area contributed by atoms with Gasteiger partial charge in [0.1, 0.15) is 6.10 Å². The number of hydrogen-bond acceptors (Lipinski definition) is 3. The lowest BCUT2D eigenvalue weighted by atomic mass is 10.2. The van der Waals surface area contributed by atoms with Gasteiger partial charge in [0.05, 0.1) is 0 Å². The molecule has 1 heterocycles. The van der Waals surface area contributed by atoms with Gasteiger partial charge in [-0.05, 0) is 24.8 Å². The van der Waals surface area contributed by atoms with Crippen LogP contribution in [-0.2, 0) is 0 Å². The van der Waals surface area contributed by atoms with Crippen LogP contribution in [0.25, 0.3) is 0 Å². The van der Waals surface area contributed by atoms with E-state index in [1.54, 1.807) is 18.5 Å². The van der Waals surface area contributed by atoms with Gasteiger partial charge in [-0.3, -0.25) is 0 Å². The smallest absolute Gasteiger partial charge is 0.157 e. The van der Waals surface area contributed by atoms with Gasteiger partial charge in [-0.2, -0.15) is 0 Å².